The average molecular weight is 391 g/mol. The van der Waals surface area contributed by atoms with Gasteiger partial charge in [0.25, 0.3) is 0 Å². The van der Waals surface area contributed by atoms with Crippen LogP contribution in [0.2, 0.25) is 0 Å². The van der Waals surface area contributed by atoms with Crippen molar-refractivity contribution >= 4 is 17.4 Å². The van der Waals surface area contributed by atoms with Gasteiger partial charge in [0.2, 0.25) is 5.60 Å². The number of alkyl carbamates (subject to hydrolysis) is 1. The van der Waals surface area contributed by atoms with Gasteiger partial charge in [0.1, 0.15) is 42.8 Å². The predicted octanol–water partition coefficient (Wildman–Crippen LogP) is -1.90. The average Bonchev–Trinajstić information content (AvgIpc) is 3.23. The largest absolute Gasteiger partial charge is 0.447 e. The van der Waals surface area contributed by atoms with E-state index in [9.17, 15) is 20.3 Å². The molecule has 1 aliphatic rings. The highest BCUT2D eigenvalue weighted by Gasteiger charge is 2.57. The number of nitriles is 1. The summed E-state index contributed by atoms with van der Waals surface area (Å²) >= 11 is 0. The van der Waals surface area contributed by atoms with Crippen LogP contribution in [-0.2, 0) is 15.1 Å². The Morgan fingerprint density at radius 3 is 3.00 bits per heavy atom. The minimum absolute atomic E-state index is 0.173. The van der Waals surface area contributed by atoms with Crippen molar-refractivity contribution in [2.75, 3.05) is 32.5 Å². The highest BCUT2D eigenvalue weighted by Crippen LogP contribution is 2.40. The number of nitrogens with zero attached hydrogens (tertiary/aromatic N) is 4. The van der Waals surface area contributed by atoms with Crippen molar-refractivity contribution in [3.63, 3.8) is 0 Å². The molecule has 0 aliphatic carbocycles. The van der Waals surface area contributed by atoms with Crippen molar-refractivity contribution in [1.82, 2.24) is 25.2 Å². The van der Waals surface area contributed by atoms with E-state index >= 15 is 0 Å². The molecular weight excluding hydrogens is 370 g/mol. The molecule has 2 aromatic heterocycles. The highest BCUT2D eigenvalue weighted by atomic mass is 16.6. The third-order valence-electron chi connectivity index (χ3n) is 4.51. The number of ether oxygens (including phenoxy) is 2. The molecule has 12 nitrogen and oxygen atoms in total. The summed E-state index contributed by atoms with van der Waals surface area (Å²) in [7, 11) is 1.74. The molecule has 1 fully saturated rings. The highest BCUT2D eigenvalue weighted by molar-refractivity contribution is 5.67. The molecule has 1 amide bonds. The number of anilines is 1. The summed E-state index contributed by atoms with van der Waals surface area (Å²) in [4.78, 5) is 15.5. The monoisotopic (exact) mass is 391 g/mol. The van der Waals surface area contributed by atoms with E-state index in [0.29, 0.717) is 18.6 Å². The van der Waals surface area contributed by atoms with Gasteiger partial charge >= 0.3 is 6.09 Å². The summed E-state index contributed by atoms with van der Waals surface area (Å²) in [6.07, 6.45) is -3.69. The van der Waals surface area contributed by atoms with E-state index in [0.717, 1.165) is 0 Å². The van der Waals surface area contributed by atoms with Gasteiger partial charge in [-0.1, -0.05) is 0 Å². The lowest BCUT2D eigenvalue weighted by Crippen LogP contribution is -2.41. The van der Waals surface area contributed by atoms with Crippen LogP contribution in [0.4, 0.5) is 10.6 Å². The van der Waals surface area contributed by atoms with Gasteiger partial charge < -0.3 is 36.1 Å². The molecule has 1 saturated heterocycles. The predicted molar refractivity (Wildman–Crippen MR) is 94.9 cm³/mol. The second-order valence-corrected chi connectivity index (χ2v) is 6.23. The molecule has 3 heterocycles. The zero-order valence-corrected chi connectivity index (χ0v) is 15.1. The number of aliphatic hydroxyl groups excluding tert-OH is 2. The fourth-order valence-electron chi connectivity index (χ4n) is 3.05. The Hall–Kier alpha value is -2.98. The molecule has 0 aromatic carbocycles. The van der Waals surface area contributed by atoms with Gasteiger partial charge in [-0.05, 0) is 19.2 Å². The number of hydrogen-bond acceptors (Lipinski definition) is 10. The van der Waals surface area contributed by atoms with E-state index in [-0.39, 0.29) is 18.1 Å². The van der Waals surface area contributed by atoms with Crippen LogP contribution < -0.4 is 16.4 Å². The number of likely N-dealkylation sites (N-methyl/N-ethyl adjacent to an activating group) is 1. The normalized spacial score (nSPS) is 26.9. The van der Waals surface area contributed by atoms with E-state index in [2.05, 4.69) is 20.7 Å². The lowest BCUT2D eigenvalue weighted by atomic mass is 9.92. The Morgan fingerprint density at radius 1 is 1.50 bits per heavy atom. The summed E-state index contributed by atoms with van der Waals surface area (Å²) in [5.41, 5.74) is 4.46. The molecule has 0 unspecified atom stereocenters. The number of nitrogen functional groups attached to an aromatic ring is 1. The summed E-state index contributed by atoms with van der Waals surface area (Å²) < 4.78 is 12.0. The lowest BCUT2D eigenvalue weighted by molar-refractivity contribution is -0.0659. The maximum absolute atomic E-state index is 11.7. The number of rotatable bonds is 6. The number of fused-ring (bicyclic) bond motifs is 1. The van der Waals surface area contributed by atoms with Crippen LogP contribution >= 0.6 is 0 Å². The van der Waals surface area contributed by atoms with Gasteiger partial charge in [-0.25, -0.2) is 14.3 Å². The number of carbonyl (C=O) groups excluding carboxylic acids is 1. The first kappa shape index (κ1) is 19.8. The van der Waals surface area contributed by atoms with E-state index in [1.807, 2.05) is 6.07 Å². The number of aromatic nitrogens is 3. The van der Waals surface area contributed by atoms with Crippen LogP contribution in [0.5, 0.6) is 0 Å². The summed E-state index contributed by atoms with van der Waals surface area (Å²) in [5, 5.41) is 40.1. The first-order chi connectivity index (χ1) is 13.4. The molecule has 6 N–H and O–H groups in total. The SMILES string of the molecule is CNCCNC(=O)OC[C@H]1O[C@@](C#N)(c2ccc3c(N)ncnn23)[C@H](O)[C@@H]1O. The van der Waals surface area contributed by atoms with Crippen LogP contribution in [0, 0.1) is 11.3 Å². The van der Waals surface area contributed by atoms with Crippen molar-refractivity contribution in [3.8, 4) is 6.07 Å². The number of nitrogens with one attached hydrogen (secondary N) is 2. The van der Waals surface area contributed by atoms with Crippen molar-refractivity contribution in [2.24, 2.45) is 0 Å². The standard InChI is InChI=1S/C16H21N7O5/c1-19-4-5-20-15(26)27-6-10-12(24)13(25)16(7-17,28-10)11-3-2-9-14(18)21-8-22-23(9)11/h2-3,8,10,12-13,19,24-25H,4-6H2,1H3,(H,20,26)(H2,18,21,22)/t10-,12-,13-,16+/m1/s1. The van der Waals surface area contributed by atoms with Crippen molar-refractivity contribution in [1.29, 1.82) is 5.26 Å². The molecule has 0 bridgehead atoms. The van der Waals surface area contributed by atoms with Gasteiger partial charge in [-0.15, -0.1) is 0 Å². The topological polar surface area (TPSA) is 180 Å². The van der Waals surface area contributed by atoms with E-state index in [1.165, 1.54) is 16.9 Å². The smallest absolute Gasteiger partial charge is 0.407 e. The van der Waals surface area contributed by atoms with Crippen LogP contribution in [0.1, 0.15) is 5.69 Å². The third-order valence-corrected chi connectivity index (χ3v) is 4.51. The van der Waals surface area contributed by atoms with E-state index in [1.54, 1.807) is 13.1 Å². The zero-order valence-electron chi connectivity index (χ0n) is 15.1. The molecule has 0 spiro atoms. The van der Waals surface area contributed by atoms with Crippen molar-refractivity contribution < 1.29 is 24.5 Å². The number of hydrogen-bond donors (Lipinski definition) is 5. The van der Waals surface area contributed by atoms with Gasteiger partial charge in [0.15, 0.2) is 5.82 Å². The molecule has 3 rings (SSSR count). The number of amides is 1. The summed E-state index contributed by atoms with van der Waals surface area (Å²) in [6.45, 7) is 0.555. The Kier molecular flexibility index (Phi) is 5.61. The number of aliphatic hydroxyl groups is 2. The maximum Gasteiger partial charge on any atom is 0.407 e. The van der Waals surface area contributed by atoms with Gasteiger partial charge in [-0.2, -0.15) is 10.4 Å². The Balaban J connectivity index is 1.80. The van der Waals surface area contributed by atoms with E-state index in [4.69, 9.17) is 15.2 Å². The van der Waals surface area contributed by atoms with E-state index < -0.39 is 30.0 Å². The molecule has 4 atom stereocenters. The fraction of sp³-hybridized carbons (Fsp3) is 0.500. The zero-order chi connectivity index (χ0) is 20.3. The Bertz CT molecular complexity index is 897. The first-order valence-corrected chi connectivity index (χ1v) is 8.53. The summed E-state index contributed by atoms with van der Waals surface area (Å²) in [6, 6.07) is 4.99. The van der Waals surface area contributed by atoms with Gasteiger partial charge in [-0.3, -0.25) is 0 Å². The molecule has 0 saturated carbocycles. The lowest BCUT2D eigenvalue weighted by Gasteiger charge is -2.24. The number of carbonyl (C=O) groups is 1. The minimum atomic E-state index is -1.93. The molecular formula is C16H21N7O5. The van der Waals surface area contributed by atoms with Gasteiger partial charge in [0, 0.05) is 13.1 Å². The summed E-state index contributed by atoms with van der Waals surface area (Å²) in [5.74, 6) is 0.181. The molecule has 0 radical (unpaired) electrons. The molecule has 1 aliphatic heterocycles. The van der Waals surface area contributed by atoms with Crippen LogP contribution in [0.25, 0.3) is 5.52 Å². The second kappa shape index (κ2) is 7.95. The third kappa shape index (κ3) is 3.32. The van der Waals surface area contributed by atoms with Crippen molar-refractivity contribution in [3.05, 3.63) is 24.2 Å². The van der Waals surface area contributed by atoms with Gasteiger partial charge in [0.05, 0.1) is 5.69 Å². The van der Waals surface area contributed by atoms with Crippen LogP contribution in [0.3, 0.4) is 0 Å². The molecule has 150 valence electrons. The molecule has 2 aromatic rings. The Labute approximate surface area is 159 Å². The number of nitrogens with two attached hydrogens (primary N) is 1. The van der Waals surface area contributed by atoms with Crippen LogP contribution in [-0.4, -0.2) is 76.0 Å². The first-order valence-electron chi connectivity index (χ1n) is 8.53. The Morgan fingerprint density at radius 2 is 2.29 bits per heavy atom. The fourth-order valence-corrected chi connectivity index (χ4v) is 3.05. The van der Waals surface area contributed by atoms with Crippen molar-refractivity contribution in [2.45, 2.75) is 23.9 Å². The van der Waals surface area contributed by atoms with Crippen LogP contribution in [0.15, 0.2) is 18.5 Å². The molecule has 28 heavy (non-hydrogen) atoms. The quantitative estimate of drug-likeness (QED) is 0.349. The maximum atomic E-state index is 11.7. The molecule has 12 heteroatoms. The minimum Gasteiger partial charge on any atom is -0.447 e. The second-order valence-electron chi connectivity index (χ2n) is 6.23.